The third-order valence-corrected chi connectivity index (χ3v) is 4.01. The van der Waals surface area contributed by atoms with Gasteiger partial charge in [-0.2, -0.15) is 0 Å². The minimum Gasteiger partial charge on any atom is -0.307 e. The first-order valence-corrected chi connectivity index (χ1v) is 8.42. The highest BCUT2D eigenvalue weighted by molar-refractivity contribution is 5.40. The van der Waals surface area contributed by atoms with E-state index in [-0.39, 0.29) is 0 Å². The fourth-order valence-corrected chi connectivity index (χ4v) is 2.61. The molecule has 0 amide bonds. The molecule has 0 fully saturated rings. The summed E-state index contributed by atoms with van der Waals surface area (Å²) in [7, 11) is 0. The molecule has 0 aliphatic carbocycles. The lowest BCUT2D eigenvalue weighted by Gasteiger charge is -2.03. The Morgan fingerprint density at radius 2 is 1.54 bits per heavy atom. The summed E-state index contributed by atoms with van der Waals surface area (Å²) in [6.07, 6.45) is 8.10. The summed E-state index contributed by atoms with van der Waals surface area (Å²) in [5.74, 6) is 1.03. The fourth-order valence-electron chi connectivity index (χ4n) is 2.61. The number of hydrogen-bond acceptors (Lipinski definition) is 2. The first kappa shape index (κ1) is 16.2. The van der Waals surface area contributed by atoms with E-state index in [0.29, 0.717) is 11.8 Å². The number of aromatic nitrogens is 4. The molecule has 0 N–H and O–H groups in total. The Morgan fingerprint density at radius 1 is 0.833 bits per heavy atom. The van der Waals surface area contributed by atoms with Crippen LogP contribution in [0.4, 0.5) is 0 Å². The minimum atomic E-state index is 0.505. The second-order valence-corrected chi connectivity index (χ2v) is 6.55. The number of rotatable bonds is 2. The maximum Gasteiger partial charge on any atom is 0.136 e. The standard InChI is InChI=1S/2C10H12N2/c1-8(2)9-7-12-6-4-3-5-10(12)11-9;1-8(2)9-7-11-10-5-3-4-6-12(9)10/h2*3-8H,1-2H3. The van der Waals surface area contributed by atoms with Crippen LogP contribution in [0, 0.1) is 0 Å². The van der Waals surface area contributed by atoms with E-state index in [1.165, 1.54) is 5.69 Å². The normalized spacial score (nSPS) is 11.2. The average molecular weight is 320 g/mol. The molecule has 0 aromatic carbocycles. The molecule has 4 heterocycles. The Bertz CT molecular complexity index is 890. The third-order valence-electron chi connectivity index (χ3n) is 4.01. The van der Waals surface area contributed by atoms with Gasteiger partial charge in [0.15, 0.2) is 0 Å². The zero-order valence-electron chi connectivity index (χ0n) is 14.7. The molecule has 24 heavy (non-hydrogen) atoms. The van der Waals surface area contributed by atoms with E-state index in [1.807, 2.05) is 48.8 Å². The topological polar surface area (TPSA) is 34.6 Å². The van der Waals surface area contributed by atoms with Gasteiger partial charge in [-0.1, -0.05) is 39.8 Å². The quantitative estimate of drug-likeness (QED) is 0.525. The predicted octanol–water partition coefficient (Wildman–Crippen LogP) is 4.92. The molecule has 4 heteroatoms. The Morgan fingerprint density at radius 3 is 2.21 bits per heavy atom. The van der Waals surface area contributed by atoms with E-state index >= 15 is 0 Å². The Balaban J connectivity index is 0.000000141. The maximum atomic E-state index is 4.48. The van der Waals surface area contributed by atoms with Crippen molar-refractivity contribution in [3.05, 3.63) is 72.6 Å². The molecule has 0 saturated heterocycles. The van der Waals surface area contributed by atoms with Crippen molar-refractivity contribution in [3.63, 3.8) is 0 Å². The van der Waals surface area contributed by atoms with Gasteiger partial charge in [0.05, 0.1) is 5.69 Å². The van der Waals surface area contributed by atoms with Crippen LogP contribution in [-0.4, -0.2) is 18.8 Å². The van der Waals surface area contributed by atoms with Gasteiger partial charge in [-0.15, -0.1) is 0 Å². The molecule has 4 rings (SSSR count). The SMILES string of the molecule is CC(C)c1cn2ccccc2n1.CC(C)c1cnc2ccccn12. The molecular weight excluding hydrogens is 296 g/mol. The van der Waals surface area contributed by atoms with Gasteiger partial charge in [-0.05, 0) is 36.1 Å². The van der Waals surface area contributed by atoms with Crippen LogP contribution in [0.15, 0.2) is 61.2 Å². The van der Waals surface area contributed by atoms with Gasteiger partial charge in [0.25, 0.3) is 0 Å². The summed E-state index contributed by atoms with van der Waals surface area (Å²) in [5.41, 5.74) is 4.48. The zero-order valence-corrected chi connectivity index (χ0v) is 14.7. The second-order valence-electron chi connectivity index (χ2n) is 6.55. The molecule has 0 unspecified atom stereocenters. The summed E-state index contributed by atoms with van der Waals surface area (Å²) in [5, 5.41) is 0. The molecule has 4 aromatic rings. The van der Waals surface area contributed by atoms with E-state index in [9.17, 15) is 0 Å². The van der Waals surface area contributed by atoms with Gasteiger partial charge < -0.3 is 8.80 Å². The zero-order chi connectivity index (χ0) is 17.1. The predicted molar refractivity (Wildman–Crippen MR) is 98.6 cm³/mol. The van der Waals surface area contributed by atoms with Crippen LogP contribution in [0.5, 0.6) is 0 Å². The largest absolute Gasteiger partial charge is 0.307 e. The van der Waals surface area contributed by atoms with E-state index in [2.05, 4.69) is 58.9 Å². The molecule has 0 aliphatic rings. The van der Waals surface area contributed by atoms with E-state index < -0.39 is 0 Å². The summed E-state index contributed by atoms with van der Waals surface area (Å²) >= 11 is 0. The third kappa shape index (κ3) is 3.32. The Kier molecular flexibility index (Phi) is 4.65. The van der Waals surface area contributed by atoms with Crippen LogP contribution in [-0.2, 0) is 0 Å². The van der Waals surface area contributed by atoms with Crippen molar-refractivity contribution in [1.82, 2.24) is 18.8 Å². The molecular formula is C20H24N4. The smallest absolute Gasteiger partial charge is 0.136 e. The van der Waals surface area contributed by atoms with Crippen molar-refractivity contribution >= 4 is 11.3 Å². The van der Waals surface area contributed by atoms with Crippen molar-refractivity contribution in [2.45, 2.75) is 39.5 Å². The second kappa shape index (κ2) is 6.87. The first-order chi connectivity index (χ1) is 11.6. The van der Waals surface area contributed by atoms with Gasteiger partial charge in [0.1, 0.15) is 11.3 Å². The first-order valence-electron chi connectivity index (χ1n) is 8.42. The maximum absolute atomic E-state index is 4.48. The average Bonchev–Trinajstić information content (AvgIpc) is 3.19. The molecule has 0 spiro atoms. The van der Waals surface area contributed by atoms with Gasteiger partial charge >= 0.3 is 0 Å². The number of nitrogens with zero attached hydrogens (tertiary/aromatic N) is 4. The summed E-state index contributed by atoms with van der Waals surface area (Å²) < 4.78 is 4.18. The van der Waals surface area contributed by atoms with Crippen LogP contribution in [0.1, 0.15) is 50.9 Å². The highest BCUT2D eigenvalue weighted by Crippen LogP contribution is 2.15. The summed E-state index contributed by atoms with van der Waals surface area (Å²) in [6.45, 7) is 8.66. The van der Waals surface area contributed by atoms with Gasteiger partial charge in [-0.25, -0.2) is 9.97 Å². The number of fused-ring (bicyclic) bond motifs is 2. The molecule has 0 atom stereocenters. The lowest BCUT2D eigenvalue weighted by atomic mass is 10.1. The summed E-state index contributed by atoms with van der Waals surface area (Å²) in [4.78, 5) is 8.78. The molecule has 0 radical (unpaired) electrons. The van der Waals surface area contributed by atoms with Crippen LogP contribution in [0.3, 0.4) is 0 Å². The van der Waals surface area contributed by atoms with Crippen LogP contribution in [0.2, 0.25) is 0 Å². The highest BCUT2D eigenvalue weighted by Gasteiger charge is 2.05. The van der Waals surface area contributed by atoms with Gasteiger partial charge in [0.2, 0.25) is 0 Å². The fraction of sp³-hybridized carbons (Fsp3) is 0.300. The van der Waals surface area contributed by atoms with Crippen molar-refractivity contribution in [1.29, 1.82) is 0 Å². The molecule has 0 bridgehead atoms. The number of imidazole rings is 2. The molecule has 0 aliphatic heterocycles. The van der Waals surface area contributed by atoms with Crippen LogP contribution >= 0.6 is 0 Å². The van der Waals surface area contributed by atoms with Crippen molar-refractivity contribution < 1.29 is 0 Å². The highest BCUT2D eigenvalue weighted by atomic mass is 15.0. The van der Waals surface area contributed by atoms with Crippen molar-refractivity contribution in [3.8, 4) is 0 Å². The molecule has 4 aromatic heterocycles. The molecule has 4 nitrogen and oxygen atoms in total. The number of pyridine rings is 2. The van der Waals surface area contributed by atoms with Crippen LogP contribution in [0.25, 0.3) is 11.3 Å². The van der Waals surface area contributed by atoms with Gasteiger partial charge in [0, 0.05) is 30.5 Å². The summed E-state index contributed by atoms with van der Waals surface area (Å²) in [6, 6.07) is 12.1. The van der Waals surface area contributed by atoms with E-state index in [0.717, 1.165) is 17.0 Å². The van der Waals surface area contributed by atoms with Crippen LogP contribution < -0.4 is 0 Å². The van der Waals surface area contributed by atoms with E-state index in [1.54, 1.807) is 0 Å². The molecule has 124 valence electrons. The number of hydrogen-bond donors (Lipinski definition) is 0. The monoisotopic (exact) mass is 320 g/mol. The van der Waals surface area contributed by atoms with Crippen molar-refractivity contribution in [2.75, 3.05) is 0 Å². The molecule has 0 saturated carbocycles. The van der Waals surface area contributed by atoms with E-state index in [4.69, 9.17) is 0 Å². The minimum absolute atomic E-state index is 0.505. The lowest BCUT2D eigenvalue weighted by molar-refractivity contribution is 0.809. The Labute approximate surface area is 142 Å². The Hall–Kier alpha value is -2.62. The lowest BCUT2D eigenvalue weighted by Crippen LogP contribution is -1.93. The van der Waals surface area contributed by atoms with Gasteiger partial charge in [-0.3, -0.25) is 0 Å². The van der Waals surface area contributed by atoms with Crippen molar-refractivity contribution in [2.24, 2.45) is 0 Å².